The lowest BCUT2D eigenvalue weighted by Gasteiger charge is -2.11. The number of hydrogen-bond acceptors (Lipinski definition) is 6. The minimum Gasteiger partial charge on any atom is -0.493 e. The number of hydrazone groups is 1. The Labute approximate surface area is 217 Å². The molecule has 0 fully saturated rings. The molecule has 3 aromatic carbocycles. The molecule has 3 amide bonds. The number of carbonyl (C=O) groups excluding carboxylic acids is 3. The number of amides is 3. The second-order valence-electron chi connectivity index (χ2n) is 7.58. The summed E-state index contributed by atoms with van der Waals surface area (Å²) in [5.41, 5.74) is 3.53. The number of methoxy groups -OCH3 is 1. The van der Waals surface area contributed by atoms with Crippen LogP contribution in [0.25, 0.3) is 0 Å². The monoisotopic (exact) mass is 526 g/mol. The summed E-state index contributed by atoms with van der Waals surface area (Å²) in [5.74, 6) is -1.24. The molecule has 0 aliphatic carbocycles. The van der Waals surface area contributed by atoms with Gasteiger partial charge in [0, 0.05) is 23.6 Å². The van der Waals surface area contributed by atoms with E-state index in [4.69, 9.17) is 21.1 Å². The average molecular weight is 527 g/mol. The molecule has 9 nitrogen and oxygen atoms in total. The summed E-state index contributed by atoms with van der Waals surface area (Å²) in [5, 5.41) is 9.46. The van der Waals surface area contributed by atoms with Crippen molar-refractivity contribution in [2.24, 2.45) is 5.10 Å². The summed E-state index contributed by atoms with van der Waals surface area (Å²) in [4.78, 5) is 36.1. The maximum absolute atomic E-state index is 13.7. The molecular formula is C26H24ClFN4O5. The number of carbonyl (C=O) groups is 3. The summed E-state index contributed by atoms with van der Waals surface area (Å²) in [6.07, 6.45) is 1.30. The predicted molar refractivity (Wildman–Crippen MR) is 139 cm³/mol. The van der Waals surface area contributed by atoms with Crippen LogP contribution in [0.15, 0.2) is 71.8 Å². The lowest BCUT2D eigenvalue weighted by molar-refractivity contribution is -0.124. The van der Waals surface area contributed by atoms with Crippen LogP contribution in [0.4, 0.5) is 15.8 Å². The van der Waals surface area contributed by atoms with Crippen molar-refractivity contribution in [3.8, 4) is 11.5 Å². The average Bonchev–Trinajstić information content (AvgIpc) is 2.88. The van der Waals surface area contributed by atoms with Crippen molar-refractivity contribution in [2.45, 2.75) is 12.8 Å². The maximum Gasteiger partial charge on any atom is 0.262 e. The van der Waals surface area contributed by atoms with E-state index in [9.17, 15) is 18.8 Å². The first kappa shape index (κ1) is 27.2. The van der Waals surface area contributed by atoms with E-state index in [0.717, 1.165) is 0 Å². The molecule has 0 aliphatic rings. The largest absolute Gasteiger partial charge is 0.493 e. The first-order valence-corrected chi connectivity index (χ1v) is 11.4. The molecule has 0 aromatic heterocycles. The topological polar surface area (TPSA) is 118 Å². The number of hydrogen-bond donors (Lipinski definition) is 3. The molecule has 0 atom stereocenters. The second-order valence-corrected chi connectivity index (χ2v) is 8.02. The highest BCUT2D eigenvalue weighted by atomic mass is 35.5. The van der Waals surface area contributed by atoms with Crippen LogP contribution in [0.3, 0.4) is 0 Å². The van der Waals surface area contributed by atoms with E-state index >= 15 is 0 Å². The minimum atomic E-state index is -0.551. The summed E-state index contributed by atoms with van der Waals surface area (Å²) < 4.78 is 24.4. The Balaban J connectivity index is 1.45. The van der Waals surface area contributed by atoms with E-state index in [-0.39, 0.29) is 36.8 Å². The van der Waals surface area contributed by atoms with Gasteiger partial charge in [0.2, 0.25) is 11.8 Å². The van der Waals surface area contributed by atoms with E-state index in [2.05, 4.69) is 21.2 Å². The molecule has 0 saturated carbocycles. The summed E-state index contributed by atoms with van der Waals surface area (Å²) in [6.45, 7) is -0.362. The molecular weight excluding hydrogens is 503 g/mol. The number of benzene rings is 3. The van der Waals surface area contributed by atoms with Crippen LogP contribution in [0.2, 0.25) is 5.02 Å². The highest BCUT2D eigenvalue weighted by Crippen LogP contribution is 2.27. The number of nitrogens with one attached hydrogen (secondary N) is 3. The van der Waals surface area contributed by atoms with E-state index in [1.165, 1.54) is 31.5 Å². The van der Waals surface area contributed by atoms with Gasteiger partial charge in [0.1, 0.15) is 5.82 Å². The van der Waals surface area contributed by atoms with Gasteiger partial charge in [0.05, 0.1) is 19.0 Å². The lowest BCUT2D eigenvalue weighted by atomic mass is 10.2. The number of ether oxygens (including phenoxy) is 2. The zero-order valence-electron chi connectivity index (χ0n) is 19.8. The van der Waals surface area contributed by atoms with Crippen molar-refractivity contribution in [2.75, 3.05) is 24.4 Å². The third kappa shape index (κ3) is 8.93. The molecule has 3 N–H and O–H groups in total. The molecule has 0 heterocycles. The fourth-order valence-corrected chi connectivity index (χ4v) is 3.22. The lowest BCUT2D eigenvalue weighted by Crippen LogP contribution is -2.21. The quantitative estimate of drug-likeness (QED) is 0.253. The third-order valence-electron chi connectivity index (χ3n) is 4.78. The van der Waals surface area contributed by atoms with E-state index in [1.54, 1.807) is 48.5 Å². The van der Waals surface area contributed by atoms with Gasteiger partial charge in [-0.25, -0.2) is 9.82 Å². The van der Waals surface area contributed by atoms with E-state index in [0.29, 0.717) is 22.0 Å². The van der Waals surface area contributed by atoms with Crippen molar-refractivity contribution in [1.82, 2.24) is 5.43 Å². The standard InChI is InChI=1S/C26H24ClFN4O5/c1-36-23-13-17(9-10-22(23)37-16-26(35)31-21-8-3-2-7-20(21)28)15-29-32-25(34)12-11-24(33)30-19-6-4-5-18(27)14-19/h2-10,13-15H,11-12,16H2,1H3,(H,30,33)(H,31,35)(H,32,34). The summed E-state index contributed by atoms with van der Waals surface area (Å²) >= 11 is 5.88. The molecule has 3 rings (SSSR count). The molecule has 0 radical (unpaired) electrons. The van der Waals surface area contributed by atoms with Crippen LogP contribution in [0.1, 0.15) is 18.4 Å². The maximum atomic E-state index is 13.7. The molecule has 3 aromatic rings. The number of anilines is 2. The molecule has 0 spiro atoms. The van der Waals surface area contributed by atoms with Gasteiger partial charge in [0.25, 0.3) is 5.91 Å². The van der Waals surface area contributed by atoms with Gasteiger partial charge in [0.15, 0.2) is 18.1 Å². The SMILES string of the molecule is COc1cc(C=NNC(=O)CCC(=O)Nc2cccc(Cl)c2)ccc1OCC(=O)Nc1ccccc1F. The molecule has 0 bridgehead atoms. The van der Waals surface area contributed by atoms with Crippen molar-refractivity contribution in [3.05, 3.63) is 83.1 Å². The van der Waals surface area contributed by atoms with Gasteiger partial charge in [-0.05, 0) is 54.1 Å². The van der Waals surface area contributed by atoms with E-state index < -0.39 is 17.6 Å². The smallest absolute Gasteiger partial charge is 0.262 e. The van der Waals surface area contributed by atoms with Gasteiger partial charge in [-0.2, -0.15) is 5.10 Å². The van der Waals surface area contributed by atoms with Gasteiger partial charge in [-0.15, -0.1) is 0 Å². The predicted octanol–water partition coefficient (Wildman–Crippen LogP) is 4.37. The van der Waals surface area contributed by atoms with Gasteiger partial charge in [-0.1, -0.05) is 29.8 Å². The number of rotatable bonds is 11. The minimum absolute atomic E-state index is 0.0295. The highest BCUT2D eigenvalue weighted by molar-refractivity contribution is 6.30. The second kappa shape index (κ2) is 13.6. The number of para-hydroxylation sites is 1. The van der Waals surface area contributed by atoms with Crippen molar-refractivity contribution < 1.29 is 28.2 Å². The normalized spacial score (nSPS) is 10.6. The fourth-order valence-electron chi connectivity index (χ4n) is 3.03. The van der Waals surface area contributed by atoms with Gasteiger partial charge < -0.3 is 20.1 Å². The Kier molecular flexibility index (Phi) is 9.98. The first-order valence-electron chi connectivity index (χ1n) is 11.1. The Hall–Kier alpha value is -4.44. The van der Waals surface area contributed by atoms with Crippen molar-refractivity contribution in [3.63, 3.8) is 0 Å². The fraction of sp³-hybridized carbons (Fsp3) is 0.154. The van der Waals surface area contributed by atoms with Crippen molar-refractivity contribution in [1.29, 1.82) is 0 Å². The van der Waals surface area contributed by atoms with E-state index in [1.807, 2.05) is 0 Å². The Morgan fingerprint density at radius 3 is 2.46 bits per heavy atom. The molecule has 0 unspecified atom stereocenters. The highest BCUT2D eigenvalue weighted by Gasteiger charge is 2.11. The zero-order valence-corrected chi connectivity index (χ0v) is 20.5. The molecule has 0 aliphatic heterocycles. The van der Waals surface area contributed by atoms with Gasteiger partial charge in [-0.3, -0.25) is 14.4 Å². The number of halogens is 2. The molecule has 37 heavy (non-hydrogen) atoms. The molecule has 0 saturated heterocycles. The van der Waals surface area contributed by atoms with Crippen LogP contribution in [-0.4, -0.2) is 37.7 Å². The first-order chi connectivity index (χ1) is 17.8. The van der Waals surface area contributed by atoms with Crippen LogP contribution in [-0.2, 0) is 14.4 Å². The molecule has 11 heteroatoms. The van der Waals surface area contributed by atoms with Crippen LogP contribution < -0.4 is 25.5 Å². The zero-order chi connectivity index (χ0) is 26.6. The van der Waals surface area contributed by atoms with Crippen LogP contribution >= 0.6 is 11.6 Å². The Bertz CT molecular complexity index is 1300. The van der Waals surface area contributed by atoms with Crippen molar-refractivity contribution >= 4 is 46.9 Å². The summed E-state index contributed by atoms with van der Waals surface area (Å²) in [6, 6.07) is 17.3. The summed E-state index contributed by atoms with van der Waals surface area (Å²) in [7, 11) is 1.43. The molecule has 192 valence electrons. The Morgan fingerprint density at radius 2 is 1.70 bits per heavy atom. The van der Waals surface area contributed by atoms with Crippen LogP contribution in [0.5, 0.6) is 11.5 Å². The van der Waals surface area contributed by atoms with Gasteiger partial charge >= 0.3 is 0 Å². The Morgan fingerprint density at radius 1 is 0.919 bits per heavy atom. The number of nitrogens with zero attached hydrogens (tertiary/aromatic N) is 1. The van der Waals surface area contributed by atoms with Crippen LogP contribution in [0, 0.1) is 5.82 Å². The third-order valence-corrected chi connectivity index (χ3v) is 5.02.